The molecule has 0 aromatic heterocycles. The summed E-state index contributed by atoms with van der Waals surface area (Å²) in [5.41, 5.74) is 5.58. The highest BCUT2D eigenvalue weighted by atomic mass is 16.4. The number of nitrogen functional groups attached to an aromatic ring is 1. The van der Waals surface area contributed by atoms with Gasteiger partial charge >= 0.3 is 0 Å². The zero-order valence-corrected chi connectivity index (χ0v) is 12.0. The van der Waals surface area contributed by atoms with Crippen LogP contribution in [0.5, 0.6) is 0 Å². The van der Waals surface area contributed by atoms with Gasteiger partial charge in [0.1, 0.15) is 6.17 Å². The average Bonchev–Trinajstić information content (AvgIpc) is 2.57. The van der Waals surface area contributed by atoms with Gasteiger partial charge in [0.2, 0.25) is 0 Å². The van der Waals surface area contributed by atoms with Crippen molar-refractivity contribution in [3.8, 4) is 0 Å². The molecule has 0 saturated carbocycles. The van der Waals surface area contributed by atoms with Crippen molar-refractivity contribution in [3.63, 3.8) is 0 Å². The fourth-order valence-electron chi connectivity index (χ4n) is 2.19. The number of carboxylic acid groups (broad SMARTS) is 1. The number of hydrogen-bond donors (Lipinski definition) is 2. The number of quaternary nitrogens is 1. The predicted octanol–water partition coefficient (Wildman–Crippen LogP) is -1.19. The largest absolute Gasteiger partial charge is 0.545 e. The number of nitrogens with one attached hydrogen (secondary N) is 1. The van der Waals surface area contributed by atoms with Crippen molar-refractivity contribution in [3.05, 3.63) is 29.8 Å². The van der Waals surface area contributed by atoms with E-state index in [1.807, 2.05) is 0 Å². The molecular formula is C14H23N3O2. The lowest BCUT2D eigenvalue weighted by Gasteiger charge is -2.17. The SMILES string of the molecule is CC1C[NH+](C)C(C)N1C.Nc1ccccc1C(=O)[O-]. The van der Waals surface area contributed by atoms with Crippen molar-refractivity contribution in [1.82, 2.24) is 4.90 Å². The Balaban J connectivity index is 0.000000191. The first-order chi connectivity index (χ1) is 8.84. The minimum Gasteiger partial charge on any atom is -0.545 e. The maximum Gasteiger partial charge on any atom is 0.140 e. The summed E-state index contributed by atoms with van der Waals surface area (Å²) in [6.07, 6.45) is 0.708. The molecule has 106 valence electrons. The van der Waals surface area contributed by atoms with E-state index in [1.165, 1.54) is 18.7 Å². The lowest BCUT2D eigenvalue weighted by atomic mass is 10.2. The van der Waals surface area contributed by atoms with Gasteiger partial charge in [0.05, 0.1) is 25.6 Å². The fourth-order valence-corrected chi connectivity index (χ4v) is 2.19. The summed E-state index contributed by atoms with van der Waals surface area (Å²) in [6.45, 7) is 5.85. The molecule has 3 unspecified atom stereocenters. The highest BCUT2D eigenvalue weighted by molar-refractivity contribution is 5.91. The number of carboxylic acids is 1. The van der Waals surface area contributed by atoms with Crippen LogP contribution in [0.4, 0.5) is 5.69 Å². The van der Waals surface area contributed by atoms with Gasteiger partial charge in [0, 0.05) is 18.2 Å². The molecule has 5 nitrogen and oxygen atoms in total. The Morgan fingerprint density at radius 3 is 2.26 bits per heavy atom. The van der Waals surface area contributed by atoms with E-state index in [-0.39, 0.29) is 11.3 Å². The molecule has 1 aromatic carbocycles. The molecule has 1 aliphatic heterocycles. The lowest BCUT2D eigenvalue weighted by Crippen LogP contribution is -3.11. The van der Waals surface area contributed by atoms with Crippen molar-refractivity contribution >= 4 is 11.7 Å². The molecule has 1 aromatic rings. The van der Waals surface area contributed by atoms with Crippen LogP contribution in [0.1, 0.15) is 24.2 Å². The number of nitrogens with two attached hydrogens (primary N) is 1. The number of benzene rings is 1. The first kappa shape index (κ1) is 15.5. The topological polar surface area (TPSA) is 73.8 Å². The van der Waals surface area contributed by atoms with E-state index in [9.17, 15) is 9.90 Å². The molecule has 0 spiro atoms. The van der Waals surface area contributed by atoms with Crippen LogP contribution in [0.3, 0.4) is 0 Å². The highest BCUT2D eigenvalue weighted by Gasteiger charge is 2.31. The Bertz CT molecular complexity index is 424. The minimum absolute atomic E-state index is 0.0440. The van der Waals surface area contributed by atoms with Crippen molar-refractivity contribution in [1.29, 1.82) is 0 Å². The third kappa shape index (κ3) is 3.94. The van der Waals surface area contributed by atoms with Crippen molar-refractivity contribution < 1.29 is 14.8 Å². The number of likely N-dealkylation sites (N-methyl/N-ethyl adjacent to an activating group) is 2. The second kappa shape index (κ2) is 6.54. The number of para-hydroxylation sites is 1. The van der Waals surface area contributed by atoms with E-state index >= 15 is 0 Å². The Morgan fingerprint density at radius 2 is 2.00 bits per heavy atom. The van der Waals surface area contributed by atoms with Gasteiger partial charge in [0.25, 0.3) is 0 Å². The van der Waals surface area contributed by atoms with Crippen LogP contribution in [0.2, 0.25) is 0 Å². The number of carbonyl (C=O) groups is 1. The van der Waals surface area contributed by atoms with Crippen LogP contribution in [0.25, 0.3) is 0 Å². The Morgan fingerprint density at radius 1 is 1.42 bits per heavy atom. The third-order valence-corrected chi connectivity index (χ3v) is 3.82. The molecule has 0 radical (unpaired) electrons. The summed E-state index contributed by atoms with van der Waals surface area (Å²) in [5, 5.41) is 10.2. The summed E-state index contributed by atoms with van der Waals surface area (Å²) in [6, 6.07) is 6.96. The van der Waals surface area contributed by atoms with Crippen LogP contribution in [-0.2, 0) is 0 Å². The highest BCUT2D eigenvalue weighted by Crippen LogP contribution is 2.07. The van der Waals surface area contributed by atoms with Gasteiger partial charge in [0.15, 0.2) is 0 Å². The molecule has 0 aliphatic carbocycles. The van der Waals surface area contributed by atoms with Crippen LogP contribution >= 0.6 is 0 Å². The molecule has 0 bridgehead atoms. The second-order valence-corrected chi connectivity index (χ2v) is 5.12. The number of anilines is 1. The van der Waals surface area contributed by atoms with Gasteiger partial charge < -0.3 is 20.5 Å². The maximum absolute atomic E-state index is 10.2. The van der Waals surface area contributed by atoms with E-state index in [0.29, 0.717) is 6.17 Å². The lowest BCUT2D eigenvalue weighted by molar-refractivity contribution is -0.896. The molecule has 2 rings (SSSR count). The predicted molar refractivity (Wildman–Crippen MR) is 73.6 cm³/mol. The number of carbonyl (C=O) groups excluding carboxylic acids is 1. The zero-order valence-electron chi connectivity index (χ0n) is 12.0. The number of nitrogens with zero attached hydrogens (tertiary/aromatic N) is 1. The summed E-state index contributed by atoms with van der Waals surface area (Å²) in [4.78, 5) is 14.3. The molecule has 1 heterocycles. The third-order valence-electron chi connectivity index (χ3n) is 3.82. The normalized spacial score (nSPS) is 26.6. The second-order valence-electron chi connectivity index (χ2n) is 5.12. The van der Waals surface area contributed by atoms with Gasteiger partial charge in [-0.05, 0) is 20.0 Å². The monoisotopic (exact) mass is 265 g/mol. The maximum atomic E-state index is 10.2. The number of hydrogen-bond acceptors (Lipinski definition) is 4. The molecule has 1 saturated heterocycles. The summed E-state index contributed by atoms with van der Waals surface area (Å²) in [5.74, 6) is -1.24. The van der Waals surface area contributed by atoms with E-state index in [1.54, 1.807) is 17.0 Å². The van der Waals surface area contributed by atoms with Crippen molar-refractivity contribution in [2.24, 2.45) is 0 Å². The van der Waals surface area contributed by atoms with E-state index in [4.69, 9.17) is 5.73 Å². The van der Waals surface area contributed by atoms with Crippen LogP contribution in [0.15, 0.2) is 24.3 Å². The number of aromatic carboxylic acids is 1. The molecule has 1 fully saturated rings. The number of rotatable bonds is 1. The fraction of sp³-hybridized carbons (Fsp3) is 0.500. The van der Waals surface area contributed by atoms with Crippen LogP contribution in [-0.4, -0.2) is 43.7 Å². The molecule has 0 amide bonds. The van der Waals surface area contributed by atoms with E-state index in [0.717, 1.165) is 6.04 Å². The zero-order chi connectivity index (χ0) is 14.6. The molecular weight excluding hydrogens is 242 g/mol. The minimum atomic E-state index is -1.24. The summed E-state index contributed by atoms with van der Waals surface area (Å²) < 4.78 is 0. The first-order valence-electron chi connectivity index (χ1n) is 6.44. The van der Waals surface area contributed by atoms with Crippen LogP contribution in [0, 0.1) is 0 Å². The Labute approximate surface area is 114 Å². The quantitative estimate of drug-likeness (QED) is 0.627. The van der Waals surface area contributed by atoms with Crippen molar-refractivity contribution in [2.75, 3.05) is 26.4 Å². The van der Waals surface area contributed by atoms with E-state index in [2.05, 4.69) is 32.8 Å². The van der Waals surface area contributed by atoms with Crippen LogP contribution < -0.4 is 15.7 Å². The smallest absolute Gasteiger partial charge is 0.140 e. The molecule has 19 heavy (non-hydrogen) atoms. The summed E-state index contributed by atoms with van der Waals surface area (Å²) in [7, 11) is 4.45. The molecule has 3 atom stereocenters. The first-order valence-corrected chi connectivity index (χ1v) is 6.44. The molecule has 5 heteroatoms. The van der Waals surface area contributed by atoms with Gasteiger partial charge in [-0.2, -0.15) is 0 Å². The van der Waals surface area contributed by atoms with Gasteiger partial charge in [-0.25, -0.2) is 4.90 Å². The van der Waals surface area contributed by atoms with Gasteiger partial charge in [-0.1, -0.05) is 18.2 Å². The van der Waals surface area contributed by atoms with Crippen molar-refractivity contribution in [2.45, 2.75) is 26.1 Å². The summed E-state index contributed by atoms with van der Waals surface area (Å²) >= 11 is 0. The standard InChI is InChI=1S/C7H16N2.C7H7NO2/c1-6-5-8(3)7(2)9(6)4;8-6-4-2-1-3-5(6)7(9)10/h6-7H,5H2,1-4H3;1-4H,8H2,(H,9,10). The van der Waals surface area contributed by atoms with E-state index < -0.39 is 5.97 Å². The molecule has 1 aliphatic rings. The molecule has 3 N–H and O–H groups in total. The Kier molecular flexibility index (Phi) is 5.32. The average molecular weight is 265 g/mol. The van der Waals surface area contributed by atoms with Gasteiger partial charge in [-0.15, -0.1) is 0 Å². The van der Waals surface area contributed by atoms with Gasteiger partial charge in [-0.3, -0.25) is 0 Å². The Hall–Kier alpha value is -1.59.